The van der Waals surface area contributed by atoms with Crippen LogP contribution in [0.3, 0.4) is 0 Å². The number of benzene rings is 2. The maximum absolute atomic E-state index is 8.84. The first kappa shape index (κ1) is 36.4. The molecule has 0 unspecified atom stereocenters. The summed E-state index contributed by atoms with van der Waals surface area (Å²) in [5, 5.41) is 20.0. The Morgan fingerprint density at radius 1 is 0.381 bits per heavy atom. The van der Waals surface area contributed by atoms with Gasteiger partial charge in [0.05, 0.1) is 13.2 Å². The molecular formula is C38H64O4. The van der Waals surface area contributed by atoms with Gasteiger partial charge in [-0.25, -0.2) is 0 Å². The monoisotopic (exact) mass is 584 g/mol. The largest absolute Gasteiger partial charge is 0.490 e. The molecule has 0 aliphatic rings. The molecule has 0 amide bonds. The van der Waals surface area contributed by atoms with Crippen LogP contribution in [0.4, 0.5) is 0 Å². The fourth-order valence-electron chi connectivity index (χ4n) is 5.81. The van der Waals surface area contributed by atoms with Gasteiger partial charge in [-0.3, -0.25) is 0 Å². The Balaban J connectivity index is 1.55. The zero-order valence-corrected chi connectivity index (χ0v) is 27.0. The van der Waals surface area contributed by atoms with Crippen LogP contribution >= 0.6 is 0 Å². The molecule has 0 bridgehead atoms. The van der Waals surface area contributed by atoms with Crippen LogP contribution < -0.4 is 9.47 Å². The van der Waals surface area contributed by atoms with Crippen LogP contribution in [0.25, 0.3) is 10.8 Å². The number of ether oxygens (including phenoxy) is 2. The Morgan fingerprint density at radius 2 is 0.762 bits per heavy atom. The summed E-state index contributed by atoms with van der Waals surface area (Å²) in [5.74, 6) is 1.81. The van der Waals surface area contributed by atoms with Gasteiger partial charge in [-0.15, -0.1) is 0 Å². The normalized spacial score (nSPS) is 11.4. The molecule has 2 aromatic rings. The maximum Gasteiger partial charge on any atom is 0.168 e. The fourth-order valence-corrected chi connectivity index (χ4v) is 5.81. The highest BCUT2D eigenvalue weighted by atomic mass is 16.5. The first-order chi connectivity index (χ1) is 20.9. The van der Waals surface area contributed by atoms with Crippen LogP contribution in [0.2, 0.25) is 0 Å². The molecule has 0 atom stereocenters. The van der Waals surface area contributed by atoms with Crippen molar-refractivity contribution >= 4 is 10.8 Å². The Kier molecular flexibility index (Phi) is 23.2. The van der Waals surface area contributed by atoms with E-state index in [2.05, 4.69) is 36.4 Å². The molecule has 2 aromatic carbocycles. The van der Waals surface area contributed by atoms with Crippen molar-refractivity contribution in [3.63, 3.8) is 0 Å². The number of hydrogen-bond acceptors (Lipinski definition) is 4. The summed E-state index contributed by atoms with van der Waals surface area (Å²) in [6.07, 6.45) is 30.3. The van der Waals surface area contributed by atoms with Gasteiger partial charge in [0.25, 0.3) is 0 Å². The molecule has 0 aliphatic heterocycles. The predicted octanol–water partition coefficient (Wildman–Crippen LogP) is 10.9. The van der Waals surface area contributed by atoms with Crippen molar-refractivity contribution < 1.29 is 19.7 Å². The van der Waals surface area contributed by atoms with Crippen LogP contribution in [-0.4, -0.2) is 36.6 Å². The maximum atomic E-state index is 8.84. The third-order valence-corrected chi connectivity index (χ3v) is 8.45. The second-order valence-corrected chi connectivity index (χ2v) is 12.2. The van der Waals surface area contributed by atoms with Gasteiger partial charge in [0, 0.05) is 18.6 Å². The summed E-state index contributed by atoms with van der Waals surface area (Å²) in [4.78, 5) is 0. The number of fused-ring (bicyclic) bond motifs is 1. The van der Waals surface area contributed by atoms with Gasteiger partial charge in [0.2, 0.25) is 0 Å². The summed E-state index contributed by atoms with van der Waals surface area (Å²) in [5.41, 5.74) is 0. The lowest BCUT2D eigenvalue weighted by atomic mass is 10.1. The predicted molar refractivity (Wildman–Crippen MR) is 180 cm³/mol. The molecule has 0 spiro atoms. The van der Waals surface area contributed by atoms with E-state index < -0.39 is 0 Å². The molecule has 2 N–H and O–H groups in total. The Hall–Kier alpha value is -1.78. The highest BCUT2D eigenvalue weighted by Crippen LogP contribution is 2.36. The lowest BCUT2D eigenvalue weighted by Gasteiger charge is -2.15. The zero-order chi connectivity index (χ0) is 29.8. The highest BCUT2D eigenvalue weighted by Gasteiger charge is 2.10. The van der Waals surface area contributed by atoms with E-state index in [0.29, 0.717) is 13.2 Å². The summed E-state index contributed by atoms with van der Waals surface area (Å²) in [6.45, 7) is 2.20. The summed E-state index contributed by atoms with van der Waals surface area (Å²) in [6, 6.07) is 12.7. The van der Waals surface area contributed by atoms with E-state index in [4.69, 9.17) is 19.7 Å². The quantitative estimate of drug-likeness (QED) is 0.0897. The van der Waals surface area contributed by atoms with Crippen molar-refractivity contribution in [3.8, 4) is 11.5 Å². The third-order valence-electron chi connectivity index (χ3n) is 8.45. The van der Waals surface area contributed by atoms with Gasteiger partial charge in [0.15, 0.2) is 11.5 Å². The molecule has 2 rings (SSSR count). The second kappa shape index (κ2) is 26.8. The van der Waals surface area contributed by atoms with E-state index >= 15 is 0 Å². The smallest absolute Gasteiger partial charge is 0.168 e. The molecule has 240 valence electrons. The molecule has 0 radical (unpaired) electrons. The minimum absolute atomic E-state index is 0.345. The Labute approximate surface area is 258 Å². The molecular weight excluding hydrogens is 520 g/mol. The molecule has 0 saturated heterocycles. The van der Waals surface area contributed by atoms with E-state index in [1.165, 1.54) is 134 Å². The molecule has 4 heteroatoms. The number of rotatable bonds is 30. The van der Waals surface area contributed by atoms with Crippen LogP contribution in [0.15, 0.2) is 36.4 Å². The van der Waals surface area contributed by atoms with Gasteiger partial charge >= 0.3 is 0 Å². The van der Waals surface area contributed by atoms with E-state index in [9.17, 15) is 0 Å². The van der Waals surface area contributed by atoms with Crippen molar-refractivity contribution in [2.75, 3.05) is 26.4 Å². The van der Waals surface area contributed by atoms with E-state index in [-0.39, 0.29) is 0 Å². The molecule has 0 fully saturated rings. The highest BCUT2D eigenvalue weighted by molar-refractivity contribution is 5.90. The Bertz CT molecular complexity index is 867. The summed E-state index contributed by atoms with van der Waals surface area (Å²) in [7, 11) is 0. The van der Waals surface area contributed by atoms with Crippen molar-refractivity contribution in [1.82, 2.24) is 0 Å². The number of unbranched alkanes of at least 4 members (excludes halogenated alkanes) is 22. The van der Waals surface area contributed by atoms with Crippen LogP contribution in [-0.2, 0) is 0 Å². The average molecular weight is 585 g/mol. The van der Waals surface area contributed by atoms with Gasteiger partial charge in [0.1, 0.15) is 0 Å². The van der Waals surface area contributed by atoms with Gasteiger partial charge in [-0.1, -0.05) is 159 Å². The summed E-state index contributed by atoms with van der Waals surface area (Å²) >= 11 is 0. The third kappa shape index (κ3) is 18.0. The molecule has 4 nitrogen and oxygen atoms in total. The average Bonchev–Trinajstić information content (AvgIpc) is 3.01. The number of aliphatic hydroxyl groups excluding tert-OH is 2. The molecule has 0 heterocycles. The van der Waals surface area contributed by atoms with Crippen molar-refractivity contribution in [1.29, 1.82) is 0 Å². The van der Waals surface area contributed by atoms with Crippen molar-refractivity contribution in [2.45, 2.75) is 154 Å². The molecule has 0 aliphatic carbocycles. The van der Waals surface area contributed by atoms with Gasteiger partial charge in [-0.05, 0) is 37.1 Å². The minimum Gasteiger partial charge on any atom is -0.490 e. The second-order valence-electron chi connectivity index (χ2n) is 12.2. The zero-order valence-electron chi connectivity index (χ0n) is 27.0. The fraction of sp³-hybridized carbons (Fsp3) is 0.737. The molecule has 0 saturated carbocycles. The van der Waals surface area contributed by atoms with E-state index in [1.807, 2.05) is 0 Å². The first-order valence-electron chi connectivity index (χ1n) is 17.9. The lowest BCUT2D eigenvalue weighted by Crippen LogP contribution is -2.03. The summed E-state index contributed by atoms with van der Waals surface area (Å²) < 4.78 is 12.6. The van der Waals surface area contributed by atoms with Crippen LogP contribution in [0.1, 0.15) is 154 Å². The number of hydrogen-bond donors (Lipinski definition) is 2. The first-order valence-corrected chi connectivity index (χ1v) is 17.9. The molecule has 42 heavy (non-hydrogen) atoms. The SMILES string of the molecule is OCCCCCCCCCCCCCCOc1ccc2ccccc2c1OCCCCCCCCCCCCCCO. The van der Waals surface area contributed by atoms with Crippen LogP contribution in [0.5, 0.6) is 11.5 Å². The Morgan fingerprint density at radius 3 is 1.21 bits per heavy atom. The number of aliphatic hydroxyl groups is 2. The van der Waals surface area contributed by atoms with Crippen molar-refractivity contribution in [3.05, 3.63) is 36.4 Å². The standard InChI is InChI=1S/C38H64O4/c39-31-23-17-13-9-5-1-3-7-11-15-19-25-33-41-37-30-29-35-27-21-22-28-36(35)38(37)42-34-26-20-16-12-8-4-2-6-10-14-18-24-32-40/h21-22,27-30,39-40H,1-20,23-26,31-34H2. The van der Waals surface area contributed by atoms with E-state index in [0.717, 1.165) is 55.8 Å². The van der Waals surface area contributed by atoms with Crippen LogP contribution in [0, 0.1) is 0 Å². The molecule has 0 aromatic heterocycles. The van der Waals surface area contributed by atoms with Gasteiger partial charge in [-0.2, -0.15) is 0 Å². The van der Waals surface area contributed by atoms with Crippen molar-refractivity contribution in [2.24, 2.45) is 0 Å². The topological polar surface area (TPSA) is 58.9 Å². The lowest BCUT2D eigenvalue weighted by molar-refractivity contribution is 0.261. The van der Waals surface area contributed by atoms with Gasteiger partial charge < -0.3 is 19.7 Å². The van der Waals surface area contributed by atoms with E-state index in [1.54, 1.807) is 0 Å². The minimum atomic E-state index is 0.345.